The molecule has 0 bridgehead atoms. The molecular weight excluding hydrogens is 350 g/mol. The van der Waals surface area contributed by atoms with Crippen LogP contribution in [0.4, 0.5) is 0 Å². The van der Waals surface area contributed by atoms with Crippen LogP contribution in [0, 0.1) is 0 Å². The summed E-state index contributed by atoms with van der Waals surface area (Å²) in [4.78, 5) is 23.8. The van der Waals surface area contributed by atoms with Crippen LogP contribution in [-0.4, -0.2) is 45.7 Å². The summed E-state index contributed by atoms with van der Waals surface area (Å²) in [6.45, 7) is 0.345. The highest BCUT2D eigenvalue weighted by molar-refractivity contribution is 5.77. The first-order valence-corrected chi connectivity index (χ1v) is 8.27. The Kier molecular flexibility index (Phi) is 5.83. The first kappa shape index (κ1) is 18.2. The SMILES string of the molecule is COc1cccc(OCC(=O)NCCn2nc(-n3cccn3)ccc2=O)c1. The lowest BCUT2D eigenvalue weighted by Gasteiger charge is -2.10. The van der Waals surface area contributed by atoms with Gasteiger partial charge in [0.1, 0.15) is 11.5 Å². The Hall–Kier alpha value is -3.62. The monoisotopic (exact) mass is 369 g/mol. The maximum Gasteiger partial charge on any atom is 0.266 e. The number of nitrogens with zero attached hydrogens (tertiary/aromatic N) is 4. The van der Waals surface area contributed by atoms with Gasteiger partial charge in [-0.3, -0.25) is 9.59 Å². The summed E-state index contributed by atoms with van der Waals surface area (Å²) in [5.74, 6) is 1.41. The second-order valence-electron chi connectivity index (χ2n) is 5.52. The molecule has 0 aliphatic rings. The van der Waals surface area contributed by atoms with Gasteiger partial charge in [-0.15, -0.1) is 5.10 Å². The smallest absolute Gasteiger partial charge is 0.266 e. The van der Waals surface area contributed by atoms with Crippen molar-refractivity contribution in [2.24, 2.45) is 0 Å². The van der Waals surface area contributed by atoms with E-state index in [-0.39, 0.29) is 31.2 Å². The van der Waals surface area contributed by atoms with Gasteiger partial charge in [-0.2, -0.15) is 5.10 Å². The standard InChI is InChI=1S/C18H19N5O4/c1-26-14-4-2-5-15(12-14)27-13-17(24)19-9-11-23-18(25)7-6-16(21-23)22-10-3-8-20-22/h2-8,10,12H,9,11,13H2,1H3,(H,19,24). The molecule has 0 unspecified atom stereocenters. The molecule has 1 amide bonds. The molecule has 0 saturated heterocycles. The zero-order valence-corrected chi connectivity index (χ0v) is 14.7. The molecule has 140 valence electrons. The third-order valence-electron chi connectivity index (χ3n) is 3.65. The number of methoxy groups -OCH3 is 1. The minimum Gasteiger partial charge on any atom is -0.497 e. The lowest BCUT2D eigenvalue weighted by atomic mass is 10.3. The topological polar surface area (TPSA) is 100 Å². The molecule has 0 aliphatic carbocycles. The summed E-state index contributed by atoms with van der Waals surface area (Å²) in [6, 6.07) is 11.8. The Morgan fingerprint density at radius 1 is 1.19 bits per heavy atom. The first-order chi connectivity index (χ1) is 13.2. The second-order valence-corrected chi connectivity index (χ2v) is 5.52. The van der Waals surface area contributed by atoms with Gasteiger partial charge in [-0.05, 0) is 24.3 Å². The van der Waals surface area contributed by atoms with Gasteiger partial charge < -0.3 is 14.8 Å². The van der Waals surface area contributed by atoms with Crippen LogP contribution in [0.25, 0.3) is 5.82 Å². The number of aromatic nitrogens is 4. The highest BCUT2D eigenvalue weighted by Crippen LogP contribution is 2.18. The summed E-state index contributed by atoms with van der Waals surface area (Å²) < 4.78 is 13.3. The fourth-order valence-corrected chi connectivity index (χ4v) is 2.32. The number of rotatable bonds is 8. The third kappa shape index (κ3) is 4.94. The largest absolute Gasteiger partial charge is 0.497 e. The molecule has 0 radical (unpaired) electrons. The van der Waals surface area contributed by atoms with Crippen molar-refractivity contribution in [3.63, 3.8) is 0 Å². The number of ether oxygens (including phenoxy) is 2. The Morgan fingerprint density at radius 3 is 2.81 bits per heavy atom. The molecule has 27 heavy (non-hydrogen) atoms. The first-order valence-electron chi connectivity index (χ1n) is 8.27. The van der Waals surface area contributed by atoms with Gasteiger partial charge in [-0.25, -0.2) is 9.36 Å². The van der Waals surface area contributed by atoms with E-state index in [9.17, 15) is 9.59 Å². The van der Waals surface area contributed by atoms with Crippen molar-refractivity contribution in [1.82, 2.24) is 24.9 Å². The maximum absolute atomic E-state index is 11.9. The Balaban J connectivity index is 1.50. The van der Waals surface area contributed by atoms with Crippen LogP contribution in [0.5, 0.6) is 11.5 Å². The van der Waals surface area contributed by atoms with Crippen LogP contribution in [0.1, 0.15) is 0 Å². The molecule has 2 heterocycles. The van der Waals surface area contributed by atoms with Crippen molar-refractivity contribution < 1.29 is 14.3 Å². The van der Waals surface area contributed by atoms with Crippen molar-refractivity contribution >= 4 is 5.91 Å². The molecule has 0 fully saturated rings. The fourth-order valence-electron chi connectivity index (χ4n) is 2.32. The highest BCUT2D eigenvalue weighted by Gasteiger charge is 2.06. The number of benzene rings is 1. The van der Waals surface area contributed by atoms with Gasteiger partial charge in [0.2, 0.25) is 0 Å². The van der Waals surface area contributed by atoms with Gasteiger partial charge in [0, 0.05) is 31.1 Å². The van der Waals surface area contributed by atoms with Gasteiger partial charge in [0.05, 0.1) is 13.7 Å². The maximum atomic E-state index is 11.9. The lowest BCUT2D eigenvalue weighted by Crippen LogP contribution is -2.34. The van der Waals surface area contributed by atoms with Crippen LogP contribution < -0.4 is 20.3 Å². The molecular formula is C18H19N5O4. The van der Waals surface area contributed by atoms with Crippen LogP contribution in [0.3, 0.4) is 0 Å². The van der Waals surface area contributed by atoms with Crippen LogP contribution in [0.2, 0.25) is 0 Å². The second kappa shape index (κ2) is 8.65. The van der Waals surface area contributed by atoms with Gasteiger partial charge >= 0.3 is 0 Å². The molecule has 2 aromatic heterocycles. The molecule has 3 rings (SSSR count). The molecule has 0 atom stereocenters. The molecule has 0 spiro atoms. The minimum absolute atomic E-state index is 0.136. The number of carbonyl (C=O) groups is 1. The van der Waals surface area contributed by atoms with Gasteiger partial charge in [-0.1, -0.05) is 6.07 Å². The summed E-state index contributed by atoms with van der Waals surface area (Å²) >= 11 is 0. The van der Waals surface area contributed by atoms with Crippen molar-refractivity contribution in [3.8, 4) is 17.3 Å². The zero-order valence-electron chi connectivity index (χ0n) is 14.7. The van der Waals surface area contributed by atoms with Crippen LogP contribution >= 0.6 is 0 Å². The Bertz CT molecular complexity index is 952. The summed E-state index contributed by atoms with van der Waals surface area (Å²) in [5, 5.41) is 11.0. The number of hydrogen-bond acceptors (Lipinski definition) is 6. The average Bonchev–Trinajstić information content (AvgIpc) is 3.23. The zero-order chi connectivity index (χ0) is 19.1. The van der Waals surface area contributed by atoms with E-state index in [2.05, 4.69) is 15.5 Å². The minimum atomic E-state index is -0.297. The van der Waals surface area contributed by atoms with Crippen LogP contribution in [0.15, 0.2) is 59.7 Å². The van der Waals surface area contributed by atoms with E-state index in [0.29, 0.717) is 17.3 Å². The Morgan fingerprint density at radius 2 is 2.04 bits per heavy atom. The lowest BCUT2D eigenvalue weighted by molar-refractivity contribution is -0.123. The number of amides is 1. The number of nitrogens with one attached hydrogen (secondary N) is 1. The van der Waals surface area contributed by atoms with Gasteiger partial charge in [0.25, 0.3) is 11.5 Å². The predicted octanol–water partition coefficient (Wildman–Crippen LogP) is 0.633. The summed E-state index contributed by atoms with van der Waals surface area (Å²) in [6.07, 6.45) is 3.36. The summed E-state index contributed by atoms with van der Waals surface area (Å²) in [7, 11) is 1.56. The van der Waals surface area contributed by atoms with E-state index in [1.165, 1.54) is 10.7 Å². The Labute approximate surface area is 155 Å². The van der Waals surface area contributed by atoms with Gasteiger partial charge in [0.15, 0.2) is 12.4 Å². The van der Waals surface area contributed by atoms with E-state index in [1.54, 1.807) is 60.6 Å². The van der Waals surface area contributed by atoms with E-state index < -0.39 is 0 Å². The quantitative estimate of drug-likeness (QED) is 0.625. The fraction of sp³-hybridized carbons (Fsp3) is 0.222. The highest BCUT2D eigenvalue weighted by atomic mass is 16.5. The predicted molar refractivity (Wildman–Crippen MR) is 97.1 cm³/mol. The van der Waals surface area contributed by atoms with Crippen molar-refractivity contribution in [1.29, 1.82) is 0 Å². The summed E-state index contributed by atoms with van der Waals surface area (Å²) in [5.41, 5.74) is -0.257. The molecule has 0 aliphatic heterocycles. The average molecular weight is 369 g/mol. The molecule has 9 heteroatoms. The van der Waals surface area contributed by atoms with Crippen molar-refractivity contribution in [2.45, 2.75) is 6.54 Å². The molecule has 3 aromatic rings. The molecule has 1 aromatic carbocycles. The van der Waals surface area contributed by atoms with E-state index >= 15 is 0 Å². The molecule has 1 N–H and O–H groups in total. The number of carbonyl (C=O) groups excluding carboxylic acids is 1. The number of hydrogen-bond donors (Lipinski definition) is 1. The normalized spacial score (nSPS) is 10.4. The van der Waals surface area contributed by atoms with E-state index in [0.717, 1.165) is 0 Å². The van der Waals surface area contributed by atoms with E-state index in [1.807, 2.05) is 0 Å². The molecule has 0 saturated carbocycles. The van der Waals surface area contributed by atoms with Crippen LogP contribution in [-0.2, 0) is 11.3 Å². The van der Waals surface area contributed by atoms with E-state index in [4.69, 9.17) is 9.47 Å². The van der Waals surface area contributed by atoms with Crippen molar-refractivity contribution in [3.05, 3.63) is 65.2 Å². The third-order valence-corrected chi connectivity index (χ3v) is 3.65. The molecule has 9 nitrogen and oxygen atoms in total. The van der Waals surface area contributed by atoms with Crippen molar-refractivity contribution in [2.75, 3.05) is 20.3 Å².